The number of nitrogens with zero attached hydrogens (tertiary/aromatic N) is 1. The lowest BCUT2D eigenvalue weighted by atomic mass is 9.82. The van der Waals surface area contributed by atoms with Crippen LogP contribution < -0.4 is 4.90 Å². The Morgan fingerprint density at radius 3 is 1.66 bits per heavy atom. The second-order valence-corrected chi connectivity index (χ2v) is 19.8. The lowest BCUT2D eigenvalue weighted by Gasteiger charge is -2.31. The van der Waals surface area contributed by atoms with Crippen LogP contribution in [0.25, 0.3) is 107 Å². The Bertz CT molecular complexity index is 4190. The van der Waals surface area contributed by atoms with E-state index in [2.05, 4.69) is 243 Å². The molecule has 0 fully saturated rings. The van der Waals surface area contributed by atoms with E-state index in [9.17, 15) is 0 Å². The van der Waals surface area contributed by atoms with Gasteiger partial charge in [0.25, 0.3) is 0 Å². The second kappa shape index (κ2) is 14.5. The van der Waals surface area contributed by atoms with E-state index >= 15 is 0 Å². The maximum Gasteiger partial charge on any atom is 0.0546 e. The van der Waals surface area contributed by atoms with Crippen molar-refractivity contribution in [2.75, 3.05) is 4.90 Å². The van der Waals surface area contributed by atoms with Gasteiger partial charge in [-0.05, 0) is 135 Å². The first-order valence-corrected chi connectivity index (χ1v) is 24.1. The van der Waals surface area contributed by atoms with E-state index < -0.39 is 0 Å². The number of rotatable bonds is 5. The van der Waals surface area contributed by atoms with Gasteiger partial charge in [-0.3, -0.25) is 0 Å². The molecule has 1 aliphatic rings. The summed E-state index contributed by atoms with van der Waals surface area (Å²) in [7, 11) is 0. The fraction of sp³-hybridized carbons (Fsp3) is 0.0462. The molecule has 0 amide bonds. The van der Waals surface area contributed by atoms with E-state index in [1.54, 1.807) is 0 Å². The highest BCUT2D eigenvalue weighted by Gasteiger charge is 2.36. The Kier molecular flexibility index (Phi) is 8.27. The molecule has 0 spiro atoms. The monoisotopic (exact) mass is 869 g/mol. The smallest absolute Gasteiger partial charge is 0.0546 e. The van der Waals surface area contributed by atoms with Crippen LogP contribution >= 0.6 is 11.3 Å². The van der Waals surface area contributed by atoms with Crippen LogP contribution in [0.2, 0.25) is 0 Å². The molecule has 1 heterocycles. The zero-order valence-corrected chi connectivity index (χ0v) is 38.0. The van der Waals surface area contributed by atoms with Crippen LogP contribution in [0.5, 0.6) is 0 Å². The highest BCUT2D eigenvalue weighted by Crippen LogP contribution is 2.54. The van der Waals surface area contributed by atoms with Crippen molar-refractivity contribution in [2.24, 2.45) is 0 Å². The molecule has 1 aliphatic carbocycles. The zero-order valence-electron chi connectivity index (χ0n) is 37.2. The first kappa shape index (κ1) is 38.3. The lowest BCUT2D eigenvalue weighted by molar-refractivity contribution is 0.660. The van der Waals surface area contributed by atoms with Crippen molar-refractivity contribution in [1.29, 1.82) is 0 Å². The van der Waals surface area contributed by atoms with Gasteiger partial charge in [0.1, 0.15) is 0 Å². The van der Waals surface area contributed by atoms with Crippen LogP contribution in [0.1, 0.15) is 25.0 Å². The van der Waals surface area contributed by atoms with Crippen molar-refractivity contribution in [3.05, 3.63) is 236 Å². The van der Waals surface area contributed by atoms with Gasteiger partial charge in [-0.2, -0.15) is 0 Å². The summed E-state index contributed by atoms with van der Waals surface area (Å²) < 4.78 is 2.63. The first-order valence-electron chi connectivity index (χ1n) is 23.3. The molecule has 0 atom stereocenters. The van der Waals surface area contributed by atoms with E-state index in [-0.39, 0.29) is 5.41 Å². The Balaban J connectivity index is 1.10. The largest absolute Gasteiger partial charge is 0.310 e. The number of hydrogen-bond acceptors (Lipinski definition) is 2. The number of thiophene rings is 1. The molecule has 1 nitrogen and oxygen atoms in total. The Morgan fingerprint density at radius 2 is 0.896 bits per heavy atom. The normalized spacial score (nSPS) is 13.0. The van der Waals surface area contributed by atoms with Crippen molar-refractivity contribution >= 4 is 102 Å². The van der Waals surface area contributed by atoms with Gasteiger partial charge in [0.15, 0.2) is 0 Å². The third kappa shape index (κ3) is 5.67. The molecule has 314 valence electrons. The predicted molar refractivity (Wildman–Crippen MR) is 290 cm³/mol. The van der Waals surface area contributed by atoms with Gasteiger partial charge in [0, 0.05) is 42.5 Å². The van der Waals surface area contributed by atoms with Crippen molar-refractivity contribution < 1.29 is 0 Å². The van der Waals surface area contributed by atoms with Gasteiger partial charge in [-0.15, -0.1) is 11.3 Å². The van der Waals surface area contributed by atoms with Crippen LogP contribution in [-0.4, -0.2) is 0 Å². The van der Waals surface area contributed by atoms with Crippen LogP contribution in [-0.2, 0) is 5.41 Å². The number of benzene rings is 12. The quantitative estimate of drug-likeness (QED) is 0.156. The lowest BCUT2D eigenvalue weighted by Crippen LogP contribution is -2.17. The van der Waals surface area contributed by atoms with Crippen LogP contribution in [0.3, 0.4) is 0 Å². The van der Waals surface area contributed by atoms with E-state index in [0.29, 0.717) is 0 Å². The number of anilines is 3. The summed E-state index contributed by atoms with van der Waals surface area (Å²) in [5, 5.41) is 15.2. The molecular weight excluding hydrogens is 827 g/mol. The number of hydrogen-bond donors (Lipinski definition) is 0. The topological polar surface area (TPSA) is 3.24 Å². The van der Waals surface area contributed by atoms with Crippen LogP contribution in [0, 0.1) is 0 Å². The van der Waals surface area contributed by atoms with E-state index in [1.807, 2.05) is 11.3 Å². The van der Waals surface area contributed by atoms with Gasteiger partial charge >= 0.3 is 0 Å². The minimum absolute atomic E-state index is 0.170. The minimum Gasteiger partial charge on any atom is -0.310 e. The highest BCUT2D eigenvalue weighted by atomic mass is 32.1. The summed E-state index contributed by atoms with van der Waals surface area (Å²) >= 11 is 1.91. The van der Waals surface area contributed by atoms with Crippen molar-refractivity contribution in [1.82, 2.24) is 0 Å². The summed E-state index contributed by atoms with van der Waals surface area (Å²) in [6, 6.07) is 84.2. The van der Waals surface area contributed by atoms with Gasteiger partial charge < -0.3 is 4.90 Å². The third-order valence-corrected chi connectivity index (χ3v) is 16.0. The average molecular weight is 870 g/mol. The zero-order chi connectivity index (χ0) is 44.4. The maximum atomic E-state index is 2.55. The molecule has 12 aromatic carbocycles. The van der Waals surface area contributed by atoms with Gasteiger partial charge in [0.05, 0.1) is 5.69 Å². The Hall–Kier alpha value is -8.04. The van der Waals surface area contributed by atoms with E-state index in [1.165, 1.54) is 119 Å². The summed E-state index contributed by atoms with van der Waals surface area (Å²) in [5.41, 5.74) is 13.5. The molecular formula is C65H43NS. The summed E-state index contributed by atoms with van der Waals surface area (Å²) in [6.07, 6.45) is 0. The second-order valence-electron chi connectivity index (χ2n) is 18.8. The molecule has 0 radical (unpaired) electrons. The molecule has 1 aromatic heterocycles. The molecule has 0 saturated carbocycles. The SMILES string of the molecule is CC1(C)c2ccccc2-c2ccc(N(c3ccc(-c4cccc5ccccc45)cc3)c3cc4c5ccccc5c5ccccc5c4cc3-c3cccc4sc5c6ccccc6ccc5c34)cc21. The number of fused-ring (bicyclic) bond motifs is 15. The molecule has 0 bridgehead atoms. The molecule has 0 unspecified atom stereocenters. The molecule has 0 aliphatic heterocycles. The average Bonchev–Trinajstić information content (AvgIpc) is 3.88. The molecule has 13 aromatic rings. The molecule has 0 N–H and O–H groups in total. The van der Waals surface area contributed by atoms with Crippen molar-refractivity contribution in [3.8, 4) is 33.4 Å². The molecule has 2 heteroatoms. The van der Waals surface area contributed by atoms with Gasteiger partial charge in [0.2, 0.25) is 0 Å². The van der Waals surface area contributed by atoms with Gasteiger partial charge in [-0.25, -0.2) is 0 Å². The van der Waals surface area contributed by atoms with Crippen molar-refractivity contribution in [3.63, 3.8) is 0 Å². The van der Waals surface area contributed by atoms with E-state index in [4.69, 9.17) is 0 Å². The van der Waals surface area contributed by atoms with Crippen LogP contribution in [0.4, 0.5) is 17.1 Å². The van der Waals surface area contributed by atoms with Crippen LogP contribution in [0.15, 0.2) is 224 Å². The third-order valence-electron chi connectivity index (χ3n) is 14.8. The first-order chi connectivity index (χ1) is 33.0. The summed E-state index contributed by atoms with van der Waals surface area (Å²) in [4.78, 5) is 2.55. The highest BCUT2D eigenvalue weighted by molar-refractivity contribution is 7.26. The van der Waals surface area contributed by atoms with Crippen molar-refractivity contribution in [2.45, 2.75) is 19.3 Å². The fourth-order valence-electron chi connectivity index (χ4n) is 11.6. The molecule has 14 rings (SSSR count). The molecule has 67 heavy (non-hydrogen) atoms. The molecule has 0 saturated heterocycles. The predicted octanol–water partition coefficient (Wildman–Crippen LogP) is 18.9. The standard InChI is InChI=1S/C65H43NS/c1-65(2)59-27-12-11-24-52(59)53-36-34-44(37-60(53)65)66(43-32-29-42(30-33-43)46-25-13-17-40-15-3-5-18-45(40)46)61-39-57-51-23-10-8-21-49(51)48-20-7-9-22-50(48)56(57)38-58(61)54-26-14-28-62-63(54)55-35-31-41-16-4-6-19-47(41)64(55)67-62/h3-39H,1-2H3. The fourth-order valence-corrected chi connectivity index (χ4v) is 12.9. The maximum absolute atomic E-state index is 2.55. The summed E-state index contributed by atoms with van der Waals surface area (Å²) in [5.74, 6) is 0. The summed E-state index contributed by atoms with van der Waals surface area (Å²) in [6.45, 7) is 4.77. The van der Waals surface area contributed by atoms with E-state index in [0.717, 1.165) is 17.1 Å². The minimum atomic E-state index is -0.170. The van der Waals surface area contributed by atoms with Gasteiger partial charge in [-0.1, -0.05) is 196 Å². The Morgan fingerprint density at radius 1 is 0.343 bits per heavy atom. The Labute approximate surface area is 393 Å².